The third kappa shape index (κ3) is 3.56. The molecule has 152 valence electrons. The van der Waals surface area contributed by atoms with Crippen LogP contribution in [0.1, 0.15) is 30.0 Å². The predicted molar refractivity (Wildman–Crippen MR) is 104 cm³/mol. The Morgan fingerprint density at radius 3 is 2.63 bits per heavy atom. The zero-order valence-electron chi connectivity index (χ0n) is 16.8. The topological polar surface area (TPSA) is 116 Å². The quantitative estimate of drug-likeness (QED) is 0.426. The smallest absolute Gasteiger partial charge is 0.548 e. The molecule has 3 atom stereocenters. The molecule has 11 heteroatoms. The molecule has 2 fully saturated rings. The largest absolute Gasteiger partial charge is 1.00 e. The van der Waals surface area contributed by atoms with Crippen LogP contribution in [0.15, 0.2) is 28.8 Å². The number of halogens is 1. The molecule has 4 rings (SSSR count). The normalized spacial score (nSPS) is 23.9. The molecular weight excluding hydrogens is 441 g/mol. The minimum atomic E-state index is -1.31. The number of carbonyl (C=O) groups is 3. The van der Waals surface area contributed by atoms with Crippen LogP contribution >= 0.6 is 23.4 Å². The molecule has 3 heterocycles. The number of amides is 2. The maximum Gasteiger partial charge on any atom is 1.00 e. The van der Waals surface area contributed by atoms with E-state index in [4.69, 9.17) is 16.1 Å². The van der Waals surface area contributed by atoms with Gasteiger partial charge in [0.25, 0.3) is 5.91 Å². The van der Waals surface area contributed by atoms with E-state index < -0.39 is 40.0 Å². The number of β-lactam (4-membered cyclic amide) rings is 1. The van der Waals surface area contributed by atoms with Gasteiger partial charge in [0.05, 0.1) is 17.0 Å². The maximum absolute atomic E-state index is 13.0. The van der Waals surface area contributed by atoms with Crippen molar-refractivity contribution in [2.45, 2.75) is 43.0 Å². The van der Waals surface area contributed by atoms with Crippen molar-refractivity contribution in [1.29, 1.82) is 0 Å². The molecule has 1 aromatic carbocycles. The molecule has 0 spiro atoms. The van der Waals surface area contributed by atoms with Gasteiger partial charge in [-0.1, -0.05) is 35.0 Å². The van der Waals surface area contributed by atoms with Gasteiger partial charge in [-0.15, -0.1) is 11.8 Å². The summed E-state index contributed by atoms with van der Waals surface area (Å²) < 4.78 is 4.47. The van der Waals surface area contributed by atoms with Gasteiger partial charge in [0.15, 0.2) is 0 Å². The number of nitrogens with one attached hydrogen (secondary N) is 1. The van der Waals surface area contributed by atoms with E-state index in [-0.39, 0.29) is 46.6 Å². The molecule has 0 bridgehead atoms. The number of carbonyl (C=O) groups excluding carboxylic acids is 3. The molecular formula is C19H17ClN3NaO5S. The first-order valence-corrected chi connectivity index (χ1v) is 10.1. The predicted octanol–water partition coefficient (Wildman–Crippen LogP) is -1.78. The zero-order valence-corrected chi connectivity index (χ0v) is 20.3. The monoisotopic (exact) mass is 457 g/mol. The third-order valence-electron chi connectivity index (χ3n) is 5.17. The fourth-order valence-corrected chi connectivity index (χ4v) is 5.66. The minimum absolute atomic E-state index is 0. The molecule has 2 amide bonds. The summed E-state index contributed by atoms with van der Waals surface area (Å²) in [5, 5.41) is 18.1. The van der Waals surface area contributed by atoms with Crippen LogP contribution < -0.4 is 40.0 Å². The number of aromatic nitrogens is 1. The first-order chi connectivity index (χ1) is 13.6. The van der Waals surface area contributed by atoms with Crippen molar-refractivity contribution in [1.82, 2.24) is 15.4 Å². The number of benzene rings is 1. The van der Waals surface area contributed by atoms with Gasteiger partial charge in [0.1, 0.15) is 28.4 Å². The molecule has 1 N–H and O–H groups in total. The van der Waals surface area contributed by atoms with Crippen LogP contribution in [-0.2, 0) is 9.59 Å². The molecule has 8 nitrogen and oxygen atoms in total. The number of aliphatic carboxylic acids is 1. The molecule has 0 radical (unpaired) electrons. The second-order valence-corrected chi connectivity index (χ2v) is 9.65. The average Bonchev–Trinajstić information content (AvgIpc) is 3.15. The van der Waals surface area contributed by atoms with E-state index in [0.29, 0.717) is 10.6 Å². The van der Waals surface area contributed by atoms with E-state index in [2.05, 4.69) is 10.5 Å². The summed E-state index contributed by atoms with van der Waals surface area (Å²) in [6, 6.07) is 5.02. The molecule has 2 aromatic rings. The van der Waals surface area contributed by atoms with E-state index in [1.165, 1.54) is 16.7 Å². The standard InChI is InChI=1S/C19H18ClN3O5S.Na/c1-8-11(12(22-28-8)9-6-4-5-7-10(9)20)15(24)21-13-16(25)23-14(18(26)27)19(2,3)29-17(13)23;/h4-7,13-14,17H,1-3H3,(H,21,24)(H,26,27);/q;+1/p-1/t13?,14-,17?;/m0./s1. The molecule has 2 unspecified atom stereocenters. The molecule has 2 aliphatic rings. The summed E-state index contributed by atoms with van der Waals surface area (Å²) >= 11 is 7.54. The van der Waals surface area contributed by atoms with Crippen LogP contribution in [0, 0.1) is 6.92 Å². The Morgan fingerprint density at radius 1 is 1.33 bits per heavy atom. The van der Waals surface area contributed by atoms with Crippen LogP contribution in [-0.4, -0.2) is 50.0 Å². The number of rotatable bonds is 4. The third-order valence-corrected chi connectivity index (χ3v) is 7.07. The maximum atomic E-state index is 13.0. The second-order valence-electron chi connectivity index (χ2n) is 7.47. The summed E-state index contributed by atoms with van der Waals surface area (Å²) in [5.74, 6) is -2.01. The van der Waals surface area contributed by atoms with Gasteiger partial charge in [-0.25, -0.2) is 0 Å². The first-order valence-electron chi connectivity index (χ1n) is 8.86. The number of carboxylic acid groups (broad SMARTS) is 1. The van der Waals surface area contributed by atoms with E-state index >= 15 is 0 Å². The number of hydrogen-bond donors (Lipinski definition) is 1. The summed E-state index contributed by atoms with van der Waals surface area (Å²) in [6.07, 6.45) is 0. The minimum Gasteiger partial charge on any atom is -0.548 e. The van der Waals surface area contributed by atoms with Crippen LogP contribution in [0.25, 0.3) is 11.3 Å². The van der Waals surface area contributed by atoms with Gasteiger partial charge < -0.3 is 24.6 Å². The number of nitrogens with zero attached hydrogens (tertiary/aromatic N) is 2. The van der Waals surface area contributed by atoms with Crippen molar-refractivity contribution >= 4 is 41.1 Å². The number of carboxylic acids is 1. The van der Waals surface area contributed by atoms with Gasteiger partial charge in [-0.2, -0.15) is 0 Å². The van der Waals surface area contributed by atoms with Crippen molar-refractivity contribution in [2.24, 2.45) is 0 Å². The zero-order chi connectivity index (χ0) is 21.1. The van der Waals surface area contributed by atoms with Gasteiger partial charge in [-0.05, 0) is 26.8 Å². The number of fused-ring (bicyclic) bond motifs is 1. The van der Waals surface area contributed by atoms with Gasteiger partial charge in [0.2, 0.25) is 5.91 Å². The summed E-state index contributed by atoms with van der Waals surface area (Å²) in [6.45, 7) is 5.07. The molecule has 2 aliphatic heterocycles. The van der Waals surface area contributed by atoms with Crippen molar-refractivity contribution in [2.75, 3.05) is 0 Å². The Kier molecular flexibility index (Phi) is 6.33. The van der Waals surface area contributed by atoms with Crippen LogP contribution in [0.2, 0.25) is 5.02 Å². The van der Waals surface area contributed by atoms with Gasteiger partial charge >= 0.3 is 29.6 Å². The van der Waals surface area contributed by atoms with E-state index in [0.717, 1.165) is 0 Å². The molecule has 0 aliphatic carbocycles. The Bertz CT molecular complexity index is 1040. The van der Waals surface area contributed by atoms with Crippen molar-refractivity contribution < 1.29 is 53.6 Å². The Labute approximate surface area is 204 Å². The van der Waals surface area contributed by atoms with Crippen LogP contribution in [0.3, 0.4) is 0 Å². The Morgan fingerprint density at radius 2 is 2.00 bits per heavy atom. The van der Waals surface area contributed by atoms with Crippen molar-refractivity contribution in [3.8, 4) is 11.3 Å². The van der Waals surface area contributed by atoms with E-state index in [1.807, 2.05) is 0 Å². The average molecular weight is 458 g/mol. The van der Waals surface area contributed by atoms with Crippen molar-refractivity contribution in [3.63, 3.8) is 0 Å². The molecule has 2 saturated heterocycles. The van der Waals surface area contributed by atoms with Crippen LogP contribution in [0.4, 0.5) is 0 Å². The number of hydrogen-bond acceptors (Lipinski definition) is 7. The van der Waals surface area contributed by atoms with Crippen molar-refractivity contribution in [3.05, 3.63) is 40.6 Å². The van der Waals surface area contributed by atoms with Gasteiger partial charge in [-0.3, -0.25) is 9.59 Å². The van der Waals surface area contributed by atoms with Gasteiger partial charge in [0, 0.05) is 10.3 Å². The fourth-order valence-electron chi connectivity index (χ4n) is 3.82. The second kappa shape index (κ2) is 8.20. The molecule has 30 heavy (non-hydrogen) atoms. The molecule has 0 saturated carbocycles. The SMILES string of the molecule is Cc1onc(-c2ccccc2Cl)c1C(=O)NC1C(=O)N2C1SC(C)(C)[C@@H]2C(=O)[O-].[Na+]. The van der Waals surface area contributed by atoms with E-state index in [1.54, 1.807) is 45.0 Å². The number of thioether (sulfide) groups is 1. The molecule has 1 aromatic heterocycles. The summed E-state index contributed by atoms with van der Waals surface area (Å²) in [7, 11) is 0. The van der Waals surface area contributed by atoms with Crippen LogP contribution in [0.5, 0.6) is 0 Å². The summed E-state index contributed by atoms with van der Waals surface area (Å²) in [4.78, 5) is 38.3. The Balaban J connectivity index is 0.00000256. The first kappa shape index (κ1) is 23.1. The number of aryl methyl sites for hydroxylation is 1. The Hall–Kier alpha value is -1.52. The fraction of sp³-hybridized carbons (Fsp3) is 0.368. The van der Waals surface area contributed by atoms with E-state index in [9.17, 15) is 19.5 Å². The summed E-state index contributed by atoms with van der Waals surface area (Å²) in [5.41, 5.74) is 0.996.